The largest absolute Gasteiger partial charge is 0.480 e. The van der Waals surface area contributed by atoms with Gasteiger partial charge in [0.2, 0.25) is 0 Å². The highest BCUT2D eigenvalue weighted by atomic mass is 16.4. The quantitative estimate of drug-likeness (QED) is 0.806. The monoisotopic (exact) mass is 219 g/mol. The Kier molecular flexibility index (Phi) is 4.28. The van der Waals surface area contributed by atoms with Crippen molar-refractivity contribution in [2.45, 2.75) is 13.3 Å². The highest BCUT2D eigenvalue weighted by Gasteiger charge is 2.11. The van der Waals surface area contributed by atoms with E-state index in [0.29, 0.717) is 18.1 Å². The molecule has 5 heteroatoms. The molecule has 1 N–H and O–H groups in total. The molecule has 1 heterocycles. The molecule has 0 aliphatic carbocycles. The Hall–Kier alpha value is -2.09. The first kappa shape index (κ1) is 12.0. The molecule has 0 spiro atoms. The van der Waals surface area contributed by atoms with Crippen LogP contribution in [-0.4, -0.2) is 29.1 Å². The Labute approximate surface area is 93.9 Å². The summed E-state index contributed by atoms with van der Waals surface area (Å²) in [7, 11) is 0. The Morgan fingerprint density at radius 3 is 2.94 bits per heavy atom. The molecule has 0 fully saturated rings. The predicted octanol–water partition coefficient (Wildman–Crippen LogP) is 1.25. The summed E-state index contributed by atoms with van der Waals surface area (Å²) >= 11 is 0. The number of nitriles is 1. The molecule has 0 aliphatic heterocycles. The molecule has 0 saturated carbocycles. The normalized spacial score (nSPS) is 9.50. The van der Waals surface area contributed by atoms with Gasteiger partial charge in [0.1, 0.15) is 24.1 Å². The van der Waals surface area contributed by atoms with Crippen LogP contribution in [0.4, 0.5) is 5.82 Å². The van der Waals surface area contributed by atoms with Crippen LogP contribution in [-0.2, 0) is 4.79 Å². The summed E-state index contributed by atoms with van der Waals surface area (Å²) in [4.78, 5) is 16.4. The predicted molar refractivity (Wildman–Crippen MR) is 59.1 cm³/mol. The molecule has 16 heavy (non-hydrogen) atoms. The van der Waals surface area contributed by atoms with Gasteiger partial charge in [-0.05, 0) is 18.6 Å². The van der Waals surface area contributed by atoms with Crippen molar-refractivity contribution >= 4 is 11.8 Å². The number of aromatic nitrogens is 1. The Balaban J connectivity index is 2.91. The molecule has 0 amide bonds. The fraction of sp³-hybridized carbons (Fsp3) is 0.364. The standard InChI is InChI=1S/C11H13N3O2/c1-2-6-14(8-11(15)16)10-5-3-4-9(7-12)13-10/h3-5H,2,6,8H2,1H3,(H,15,16). The molecule has 1 aromatic rings. The number of hydrogen-bond acceptors (Lipinski definition) is 4. The zero-order chi connectivity index (χ0) is 12.0. The summed E-state index contributed by atoms with van der Waals surface area (Å²) in [5.74, 6) is -0.374. The van der Waals surface area contributed by atoms with Gasteiger partial charge in [0.25, 0.3) is 0 Å². The van der Waals surface area contributed by atoms with Crippen LogP contribution in [0.5, 0.6) is 0 Å². The Bertz CT molecular complexity index is 412. The molecule has 0 bridgehead atoms. The second-order valence-corrected chi connectivity index (χ2v) is 3.31. The van der Waals surface area contributed by atoms with Crippen LogP contribution in [0.25, 0.3) is 0 Å². The molecule has 5 nitrogen and oxygen atoms in total. The second-order valence-electron chi connectivity index (χ2n) is 3.31. The van der Waals surface area contributed by atoms with Crippen molar-refractivity contribution in [2.24, 2.45) is 0 Å². The zero-order valence-electron chi connectivity index (χ0n) is 9.05. The van der Waals surface area contributed by atoms with Gasteiger partial charge in [0.15, 0.2) is 0 Å². The van der Waals surface area contributed by atoms with Gasteiger partial charge in [0.05, 0.1) is 0 Å². The molecular formula is C11H13N3O2. The van der Waals surface area contributed by atoms with E-state index in [4.69, 9.17) is 10.4 Å². The van der Waals surface area contributed by atoms with E-state index in [1.165, 1.54) is 0 Å². The number of aliphatic carboxylic acids is 1. The van der Waals surface area contributed by atoms with Gasteiger partial charge in [-0.1, -0.05) is 13.0 Å². The van der Waals surface area contributed by atoms with Gasteiger partial charge < -0.3 is 10.0 Å². The maximum absolute atomic E-state index is 10.7. The van der Waals surface area contributed by atoms with Crippen LogP contribution in [0, 0.1) is 11.3 Å². The van der Waals surface area contributed by atoms with Crippen molar-refractivity contribution in [3.8, 4) is 6.07 Å². The van der Waals surface area contributed by atoms with E-state index in [1.54, 1.807) is 23.1 Å². The van der Waals surface area contributed by atoms with E-state index in [9.17, 15) is 4.79 Å². The summed E-state index contributed by atoms with van der Waals surface area (Å²) in [5, 5.41) is 17.5. The third-order valence-electron chi connectivity index (χ3n) is 1.99. The topological polar surface area (TPSA) is 77.2 Å². The minimum absolute atomic E-state index is 0.101. The average molecular weight is 219 g/mol. The van der Waals surface area contributed by atoms with E-state index in [0.717, 1.165) is 6.42 Å². The maximum Gasteiger partial charge on any atom is 0.323 e. The SMILES string of the molecule is CCCN(CC(=O)O)c1cccc(C#N)n1. The lowest BCUT2D eigenvalue weighted by molar-refractivity contribution is -0.135. The molecule has 1 rings (SSSR count). The smallest absolute Gasteiger partial charge is 0.323 e. The molecule has 0 atom stereocenters. The first-order chi connectivity index (χ1) is 7.67. The molecule has 1 aromatic heterocycles. The number of anilines is 1. The number of carboxylic acid groups (broad SMARTS) is 1. The molecule has 0 unspecified atom stereocenters. The second kappa shape index (κ2) is 5.71. The van der Waals surface area contributed by atoms with Crippen molar-refractivity contribution in [1.29, 1.82) is 5.26 Å². The third kappa shape index (κ3) is 3.24. The van der Waals surface area contributed by atoms with Crippen LogP contribution in [0.2, 0.25) is 0 Å². The van der Waals surface area contributed by atoms with Crippen LogP contribution in [0.3, 0.4) is 0 Å². The van der Waals surface area contributed by atoms with Gasteiger partial charge in [-0.3, -0.25) is 4.79 Å². The van der Waals surface area contributed by atoms with Crippen molar-refractivity contribution < 1.29 is 9.90 Å². The van der Waals surface area contributed by atoms with Crippen molar-refractivity contribution in [2.75, 3.05) is 18.0 Å². The van der Waals surface area contributed by atoms with Crippen LogP contribution < -0.4 is 4.90 Å². The molecular weight excluding hydrogens is 206 g/mol. The first-order valence-electron chi connectivity index (χ1n) is 5.01. The highest BCUT2D eigenvalue weighted by Crippen LogP contribution is 2.11. The van der Waals surface area contributed by atoms with Gasteiger partial charge in [-0.25, -0.2) is 4.98 Å². The summed E-state index contributed by atoms with van der Waals surface area (Å²) in [6.45, 7) is 2.47. The fourth-order valence-electron chi connectivity index (χ4n) is 1.37. The summed E-state index contributed by atoms with van der Waals surface area (Å²) in [6.07, 6.45) is 0.825. The molecule has 84 valence electrons. The number of nitrogens with zero attached hydrogens (tertiary/aromatic N) is 3. The zero-order valence-corrected chi connectivity index (χ0v) is 9.05. The lowest BCUT2D eigenvalue weighted by atomic mass is 10.3. The lowest BCUT2D eigenvalue weighted by Crippen LogP contribution is -2.31. The maximum atomic E-state index is 10.7. The Morgan fingerprint density at radius 1 is 1.62 bits per heavy atom. The molecule has 0 saturated heterocycles. The van der Waals surface area contributed by atoms with Crippen LogP contribution in [0.15, 0.2) is 18.2 Å². The van der Waals surface area contributed by atoms with Crippen molar-refractivity contribution in [3.63, 3.8) is 0 Å². The minimum atomic E-state index is -0.905. The van der Waals surface area contributed by atoms with E-state index in [2.05, 4.69) is 4.98 Å². The van der Waals surface area contributed by atoms with Gasteiger partial charge in [-0.2, -0.15) is 5.26 Å². The number of carboxylic acids is 1. The number of carbonyl (C=O) groups is 1. The summed E-state index contributed by atoms with van der Waals surface area (Å²) < 4.78 is 0. The number of hydrogen-bond donors (Lipinski definition) is 1. The van der Waals surface area contributed by atoms with Crippen LogP contribution >= 0.6 is 0 Å². The fourth-order valence-corrected chi connectivity index (χ4v) is 1.37. The molecule has 0 radical (unpaired) electrons. The van der Waals surface area contributed by atoms with Gasteiger partial charge in [0, 0.05) is 6.54 Å². The van der Waals surface area contributed by atoms with E-state index in [1.807, 2.05) is 13.0 Å². The third-order valence-corrected chi connectivity index (χ3v) is 1.99. The van der Waals surface area contributed by atoms with Crippen LogP contribution in [0.1, 0.15) is 19.0 Å². The number of pyridine rings is 1. The van der Waals surface area contributed by atoms with Crippen molar-refractivity contribution in [1.82, 2.24) is 4.98 Å². The van der Waals surface area contributed by atoms with E-state index < -0.39 is 5.97 Å². The molecule has 0 aliphatic rings. The first-order valence-corrected chi connectivity index (χ1v) is 5.01. The summed E-state index contributed by atoms with van der Waals surface area (Å²) in [6, 6.07) is 6.93. The average Bonchev–Trinajstić information content (AvgIpc) is 2.28. The van der Waals surface area contributed by atoms with Gasteiger partial charge >= 0.3 is 5.97 Å². The Morgan fingerprint density at radius 2 is 2.38 bits per heavy atom. The minimum Gasteiger partial charge on any atom is -0.480 e. The number of rotatable bonds is 5. The van der Waals surface area contributed by atoms with E-state index in [-0.39, 0.29) is 6.54 Å². The highest BCUT2D eigenvalue weighted by molar-refractivity contribution is 5.73. The summed E-state index contributed by atoms with van der Waals surface area (Å²) in [5.41, 5.74) is 0.295. The van der Waals surface area contributed by atoms with Gasteiger partial charge in [-0.15, -0.1) is 0 Å². The van der Waals surface area contributed by atoms with Crippen molar-refractivity contribution in [3.05, 3.63) is 23.9 Å². The van der Waals surface area contributed by atoms with E-state index >= 15 is 0 Å². The lowest BCUT2D eigenvalue weighted by Gasteiger charge is -2.20. The molecule has 0 aromatic carbocycles.